The van der Waals surface area contributed by atoms with Crippen LogP contribution in [0.4, 0.5) is 0 Å². The Morgan fingerprint density at radius 2 is 0.519 bits per heavy atom. The molecule has 0 fully saturated rings. The second-order valence-corrected chi connectivity index (χ2v) is 21.3. The molecule has 1 atom stereocenters. The first-order chi connectivity index (χ1) is 39.0. The minimum Gasteiger partial charge on any atom is -0.462 e. The van der Waals surface area contributed by atoms with E-state index >= 15 is 0 Å². The van der Waals surface area contributed by atoms with Crippen molar-refractivity contribution in [3.8, 4) is 0 Å². The first-order valence-electron chi connectivity index (χ1n) is 32.7. The van der Waals surface area contributed by atoms with Crippen LogP contribution in [-0.2, 0) is 28.6 Å². The van der Waals surface area contributed by atoms with Crippen molar-refractivity contribution in [2.24, 2.45) is 0 Å². The molecule has 0 aliphatic carbocycles. The van der Waals surface area contributed by atoms with Crippen LogP contribution < -0.4 is 0 Å². The van der Waals surface area contributed by atoms with Gasteiger partial charge in [-0.2, -0.15) is 0 Å². The maximum absolute atomic E-state index is 12.9. The van der Waals surface area contributed by atoms with Crippen molar-refractivity contribution in [3.63, 3.8) is 0 Å². The Balaban J connectivity index is 4.36. The minimum absolute atomic E-state index is 0.0933. The van der Waals surface area contributed by atoms with Gasteiger partial charge in [-0.1, -0.05) is 270 Å². The van der Waals surface area contributed by atoms with E-state index in [-0.39, 0.29) is 31.1 Å². The van der Waals surface area contributed by atoms with Crippen molar-refractivity contribution in [3.05, 3.63) is 134 Å². The van der Waals surface area contributed by atoms with E-state index in [9.17, 15) is 14.4 Å². The Hall–Kier alpha value is -4.45. The van der Waals surface area contributed by atoms with Gasteiger partial charge in [-0.05, 0) is 135 Å². The monoisotopic (exact) mass is 1090 g/mol. The van der Waals surface area contributed by atoms with Gasteiger partial charge in [-0.15, -0.1) is 0 Å². The summed E-state index contributed by atoms with van der Waals surface area (Å²) in [5.74, 6) is -0.919. The van der Waals surface area contributed by atoms with Gasteiger partial charge in [0.1, 0.15) is 13.2 Å². The molecular weight excluding hydrogens is 973 g/mol. The van der Waals surface area contributed by atoms with Crippen LogP contribution in [0.2, 0.25) is 0 Å². The van der Waals surface area contributed by atoms with Gasteiger partial charge >= 0.3 is 17.9 Å². The van der Waals surface area contributed by atoms with E-state index in [0.717, 1.165) is 148 Å². The number of hydrogen-bond donors (Lipinski definition) is 0. The normalized spacial score (nSPS) is 13.0. The summed E-state index contributed by atoms with van der Waals surface area (Å²) in [6.07, 6.45) is 93.1. The molecule has 448 valence electrons. The Morgan fingerprint density at radius 1 is 0.266 bits per heavy atom. The van der Waals surface area contributed by atoms with E-state index in [1.54, 1.807) is 0 Å². The standard InChI is InChI=1S/C73H120O6/c1-4-7-10-13-16-19-22-25-27-29-31-32-33-34-35-36-37-38-39-40-42-43-45-48-51-54-57-60-63-66-72(75)78-69-70(68-77-71(74)65-62-59-56-53-50-47-24-21-18-15-12-9-6-3)79-73(76)67-64-61-58-55-52-49-46-44-41-30-28-26-23-20-17-14-11-8-5-2/h7,10,12,15-17,19-21,24-28,31-32,34-35,37-38,40,42,70H,4-6,8-9,11,13-14,18,22-23,29-30,33,36,39,41,43-69H2,1-3H3/b10-7-,15-12-,19-16-,20-17-,24-21-,27-25-,28-26-,32-31-,35-34-,38-37-,42-40-. The quantitative estimate of drug-likeness (QED) is 0.0261. The molecular formula is C73H120O6. The van der Waals surface area contributed by atoms with Crippen molar-refractivity contribution in [1.82, 2.24) is 0 Å². The zero-order valence-corrected chi connectivity index (χ0v) is 51.3. The second kappa shape index (κ2) is 66.1. The zero-order valence-electron chi connectivity index (χ0n) is 51.3. The summed E-state index contributed by atoms with van der Waals surface area (Å²) >= 11 is 0. The average molecular weight is 1090 g/mol. The molecule has 0 amide bonds. The fourth-order valence-electron chi connectivity index (χ4n) is 8.73. The first-order valence-corrected chi connectivity index (χ1v) is 32.7. The van der Waals surface area contributed by atoms with Crippen molar-refractivity contribution in [2.45, 2.75) is 297 Å². The summed E-state index contributed by atoms with van der Waals surface area (Å²) in [6.45, 7) is 6.42. The molecule has 0 bridgehead atoms. The molecule has 0 aliphatic heterocycles. The predicted octanol–water partition coefficient (Wildman–Crippen LogP) is 22.5. The highest BCUT2D eigenvalue weighted by molar-refractivity contribution is 5.71. The molecule has 0 rings (SSSR count). The number of unbranched alkanes of at least 4 members (excludes halogenated alkanes) is 25. The number of esters is 3. The zero-order chi connectivity index (χ0) is 57.1. The minimum atomic E-state index is -0.797. The Kier molecular flexibility index (Phi) is 62.3. The molecule has 0 aromatic heterocycles. The number of allylic oxidation sites excluding steroid dienone is 22. The Morgan fingerprint density at radius 3 is 0.823 bits per heavy atom. The second-order valence-electron chi connectivity index (χ2n) is 21.3. The lowest BCUT2D eigenvalue weighted by Gasteiger charge is -2.18. The number of carbonyl (C=O) groups is 3. The molecule has 0 aromatic carbocycles. The third-order valence-corrected chi connectivity index (χ3v) is 13.6. The molecule has 0 heterocycles. The smallest absolute Gasteiger partial charge is 0.306 e. The summed E-state index contributed by atoms with van der Waals surface area (Å²) in [4.78, 5) is 38.3. The van der Waals surface area contributed by atoms with E-state index in [2.05, 4.69) is 154 Å². The molecule has 0 saturated heterocycles. The van der Waals surface area contributed by atoms with Crippen molar-refractivity contribution < 1.29 is 28.6 Å². The highest BCUT2D eigenvalue weighted by atomic mass is 16.6. The number of ether oxygens (including phenoxy) is 3. The summed E-state index contributed by atoms with van der Waals surface area (Å²) in [5, 5.41) is 0. The Bertz CT molecular complexity index is 1680. The SMILES string of the molecule is CC/C=C\C/C=C\C/C=C\C/C=C\C/C=C\C/C=C\C/C=C\CCCCCCCCCC(=O)OCC(COC(=O)CCCCCCC/C=C\C/C=C\CCC)OC(=O)CCCCCCCCCCC/C=C\C/C=C\CCCCC. The summed E-state index contributed by atoms with van der Waals surface area (Å²) in [6, 6.07) is 0. The fourth-order valence-corrected chi connectivity index (χ4v) is 8.73. The van der Waals surface area contributed by atoms with Gasteiger partial charge in [-0.25, -0.2) is 0 Å². The van der Waals surface area contributed by atoms with Gasteiger partial charge in [0.05, 0.1) is 0 Å². The fraction of sp³-hybridized carbons (Fsp3) is 0.658. The van der Waals surface area contributed by atoms with Crippen LogP contribution >= 0.6 is 0 Å². The molecule has 79 heavy (non-hydrogen) atoms. The highest BCUT2D eigenvalue weighted by Gasteiger charge is 2.19. The highest BCUT2D eigenvalue weighted by Crippen LogP contribution is 2.15. The van der Waals surface area contributed by atoms with Gasteiger partial charge in [0, 0.05) is 19.3 Å². The molecule has 1 unspecified atom stereocenters. The van der Waals surface area contributed by atoms with Gasteiger partial charge < -0.3 is 14.2 Å². The number of rotatable bonds is 58. The van der Waals surface area contributed by atoms with Crippen molar-refractivity contribution in [1.29, 1.82) is 0 Å². The lowest BCUT2D eigenvalue weighted by atomic mass is 10.1. The molecule has 0 saturated carbocycles. The average Bonchev–Trinajstić information content (AvgIpc) is 3.45. The van der Waals surface area contributed by atoms with Gasteiger partial charge in [0.25, 0.3) is 0 Å². The van der Waals surface area contributed by atoms with Crippen LogP contribution in [-0.4, -0.2) is 37.2 Å². The van der Waals surface area contributed by atoms with Crippen LogP contribution in [0.5, 0.6) is 0 Å². The predicted molar refractivity (Wildman–Crippen MR) is 343 cm³/mol. The topological polar surface area (TPSA) is 78.9 Å². The Labute approximate surface area is 487 Å². The summed E-state index contributed by atoms with van der Waals surface area (Å²) < 4.78 is 16.9. The maximum Gasteiger partial charge on any atom is 0.306 e. The largest absolute Gasteiger partial charge is 0.462 e. The third-order valence-electron chi connectivity index (χ3n) is 13.6. The van der Waals surface area contributed by atoms with E-state index in [1.165, 1.54) is 103 Å². The molecule has 0 aliphatic rings. The summed E-state index contributed by atoms with van der Waals surface area (Å²) in [7, 11) is 0. The van der Waals surface area contributed by atoms with Crippen LogP contribution in [0.25, 0.3) is 0 Å². The van der Waals surface area contributed by atoms with Crippen LogP contribution in [0.1, 0.15) is 290 Å². The number of carbonyl (C=O) groups excluding carboxylic acids is 3. The van der Waals surface area contributed by atoms with E-state index in [0.29, 0.717) is 19.3 Å². The van der Waals surface area contributed by atoms with Gasteiger partial charge in [0.2, 0.25) is 0 Å². The number of hydrogen-bond acceptors (Lipinski definition) is 6. The molecule has 0 aromatic rings. The molecule has 0 radical (unpaired) electrons. The lowest BCUT2D eigenvalue weighted by molar-refractivity contribution is -0.167. The van der Waals surface area contributed by atoms with Gasteiger partial charge in [0.15, 0.2) is 6.10 Å². The van der Waals surface area contributed by atoms with Crippen molar-refractivity contribution in [2.75, 3.05) is 13.2 Å². The third kappa shape index (κ3) is 64.3. The molecule has 6 nitrogen and oxygen atoms in total. The lowest BCUT2D eigenvalue weighted by Crippen LogP contribution is -2.30. The maximum atomic E-state index is 12.9. The molecule has 6 heteroatoms. The van der Waals surface area contributed by atoms with Crippen LogP contribution in [0, 0.1) is 0 Å². The molecule has 0 N–H and O–H groups in total. The van der Waals surface area contributed by atoms with E-state index in [1.807, 2.05) is 0 Å². The van der Waals surface area contributed by atoms with E-state index < -0.39 is 6.10 Å². The van der Waals surface area contributed by atoms with Crippen LogP contribution in [0.3, 0.4) is 0 Å². The molecule has 0 spiro atoms. The van der Waals surface area contributed by atoms with Gasteiger partial charge in [-0.3, -0.25) is 14.4 Å². The summed E-state index contributed by atoms with van der Waals surface area (Å²) in [5.41, 5.74) is 0. The van der Waals surface area contributed by atoms with E-state index in [4.69, 9.17) is 14.2 Å². The van der Waals surface area contributed by atoms with Crippen LogP contribution in [0.15, 0.2) is 134 Å². The van der Waals surface area contributed by atoms with Crippen molar-refractivity contribution >= 4 is 17.9 Å². The first kappa shape index (κ1) is 74.5.